The Morgan fingerprint density at radius 3 is 2.77 bits per heavy atom. The predicted molar refractivity (Wildman–Crippen MR) is 83.0 cm³/mol. The number of anilines is 1. The minimum atomic E-state index is -0.187. The van der Waals surface area contributed by atoms with E-state index < -0.39 is 0 Å². The molecule has 3 rings (SSSR count). The molecule has 7 heteroatoms. The van der Waals surface area contributed by atoms with Gasteiger partial charge in [-0.1, -0.05) is 0 Å². The van der Waals surface area contributed by atoms with Gasteiger partial charge in [-0.05, 0) is 19.9 Å². The fraction of sp³-hybridized carbons (Fsp3) is 0.667. The molecule has 1 aromatic heterocycles. The van der Waals surface area contributed by atoms with Gasteiger partial charge in [0.25, 0.3) is 5.91 Å². The van der Waals surface area contributed by atoms with E-state index in [1.165, 1.54) is 0 Å². The topological polar surface area (TPSA) is 70.6 Å². The van der Waals surface area contributed by atoms with Crippen molar-refractivity contribution in [2.45, 2.75) is 18.9 Å². The fourth-order valence-electron chi connectivity index (χ4n) is 2.74. The Hall–Kier alpha value is -1.73. The van der Waals surface area contributed by atoms with Gasteiger partial charge in [-0.25, -0.2) is 9.97 Å². The molecule has 0 aliphatic carbocycles. The molecule has 2 saturated heterocycles. The lowest BCUT2D eigenvalue weighted by Crippen LogP contribution is -2.44. The molecule has 120 valence electrons. The third-order valence-electron chi connectivity index (χ3n) is 4.21. The highest BCUT2D eigenvalue weighted by molar-refractivity contribution is 5.92. The molecular weight excluding hydrogens is 282 g/mol. The van der Waals surface area contributed by atoms with Gasteiger partial charge in [0.05, 0.1) is 18.5 Å². The summed E-state index contributed by atoms with van der Waals surface area (Å²) < 4.78 is 5.48. The van der Waals surface area contributed by atoms with Crippen LogP contribution in [0.15, 0.2) is 12.4 Å². The summed E-state index contributed by atoms with van der Waals surface area (Å²) in [5.41, 5.74) is 0.357. The van der Waals surface area contributed by atoms with Gasteiger partial charge in [0.2, 0.25) is 0 Å². The Kier molecular flexibility index (Phi) is 4.84. The normalized spacial score (nSPS) is 22.8. The molecule has 2 aliphatic rings. The summed E-state index contributed by atoms with van der Waals surface area (Å²) in [6.45, 7) is 5.25. The average Bonchev–Trinajstić information content (AvgIpc) is 3.07. The number of ether oxygens (including phenoxy) is 1. The van der Waals surface area contributed by atoms with Crippen molar-refractivity contribution in [3.05, 3.63) is 18.1 Å². The molecule has 1 atom stereocenters. The van der Waals surface area contributed by atoms with Crippen molar-refractivity contribution in [2.75, 3.05) is 51.3 Å². The van der Waals surface area contributed by atoms with Gasteiger partial charge < -0.3 is 19.9 Å². The van der Waals surface area contributed by atoms with Gasteiger partial charge in [-0.15, -0.1) is 0 Å². The Labute approximate surface area is 130 Å². The zero-order valence-corrected chi connectivity index (χ0v) is 13.0. The number of nitrogens with zero attached hydrogens (tertiary/aromatic N) is 4. The highest BCUT2D eigenvalue weighted by atomic mass is 16.5. The first-order chi connectivity index (χ1) is 10.7. The van der Waals surface area contributed by atoms with Gasteiger partial charge in [0, 0.05) is 39.3 Å². The lowest BCUT2D eigenvalue weighted by Gasteiger charge is -2.32. The van der Waals surface area contributed by atoms with E-state index in [-0.39, 0.29) is 12.0 Å². The van der Waals surface area contributed by atoms with Crippen LogP contribution in [-0.2, 0) is 4.74 Å². The number of aromatic nitrogens is 2. The average molecular weight is 305 g/mol. The Bertz CT molecular complexity index is 493. The summed E-state index contributed by atoms with van der Waals surface area (Å²) in [6, 6.07) is 0. The number of likely N-dealkylation sites (N-methyl/N-ethyl adjacent to an activating group) is 1. The molecule has 1 N–H and O–H groups in total. The van der Waals surface area contributed by atoms with Gasteiger partial charge in [-0.2, -0.15) is 0 Å². The maximum absolute atomic E-state index is 12.0. The van der Waals surface area contributed by atoms with E-state index in [1.807, 2.05) is 0 Å². The summed E-state index contributed by atoms with van der Waals surface area (Å²) in [4.78, 5) is 25.2. The molecule has 1 unspecified atom stereocenters. The number of carbonyl (C=O) groups excluding carboxylic acids is 1. The van der Waals surface area contributed by atoms with Crippen LogP contribution in [-0.4, -0.2) is 73.3 Å². The first-order valence-corrected chi connectivity index (χ1v) is 7.88. The summed E-state index contributed by atoms with van der Waals surface area (Å²) >= 11 is 0. The summed E-state index contributed by atoms with van der Waals surface area (Å²) in [5, 5.41) is 2.86. The summed E-state index contributed by atoms with van der Waals surface area (Å²) in [5.74, 6) is 0.650. The van der Waals surface area contributed by atoms with E-state index in [9.17, 15) is 4.79 Å². The highest BCUT2D eigenvalue weighted by Gasteiger charge is 2.18. The van der Waals surface area contributed by atoms with Crippen LogP contribution < -0.4 is 10.2 Å². The molecule has 22 heavy (non-hydrogen) atoms. The number of amides is 1. The molecule has 1 amide bonds. The quantitative estimate of drug-likeness (QED) is 0.853. The molecule has 0 aromatic carbocycles. The van der Waals surface area contributed by atoms with Crippen LogP contribution in [0.25, 0.3) is 0 Å². The molecule has 0 spiro atoms. The first-order valence-electron chi connectivity index (χ1n) is 7.88. The molecular formula is C15H23N5O2. The largest absolute Gasteiger partial charge is 0.376 e. The van der Waals surface area contributed by atoms with Crippen molar-refractivity contribution in [1.82, 2.24) is 20.2 Å². The Balaban J connectivity index is 1.53. The predicted octanol–water partition coefficient (Wildman–Crippen LogP) is 0.137. The Morgan fingerprint density at radius 2 is 2.14 bits per heavy atom. The number of nitrogens with one attached hydrogen (secondary N) is 1. The number of rotatable bonds is 4. The minimum Gasteiger partial charge on any atom is -0.376 e. The molecule has 2 aliphatic heterocycles. The van der Waals surface area contributed by atoms with Crippen molar-refractivity contribution in [2.24, 2.45) is 0 Å². The van der Waals surface area contributed by atoms with Crippen molar-refractivity contribution in [3.63, 3.8) is 0 Å². The third-order valence-corrected chi connectivity index (χ3v) is 4.21. The summed E-state index contributed by atoms with van der Waals surface area (Å²) in [6.07, 6.45) is 5.46. The zero-order chi connectivity index (χ0) is 15.4. The van der Waals surface area contributed by atoms with E-state index in [1.54, 1.807) is 12.4 Å². The van der Waals surface area contributed by atoms with Crippen molar-refractivity contribution in [1.29, 1.82) is 0 Å². The van der Waals surface area contributed by atoms with Gasteiger partial charge >= 0.3 is 0 Å². The number of piperazine rings is 1. The SMILES string of the molecule is CN1CCN(c2cnc(C(=O)NCC3CCCO3)cn2)CC1. The maximum atomic E-state index is 12.0. The van der Waals surface area contributed by atoms with Gasteiger partial charge in [0.15, 0.2) is 0 Å². The Morgan fingerprint density at radius 1 is 1.32 bits per heavy atom. The van der Waals surface area contributed by atoms with E-state index in [0.717, 1.165) is 51.4 Å². The van der Waals surface area contributed by atoms with E-state index in [4.69, 9.17) is 4.74 Å². The number of hydrogen-bond donors (Lipinski definition) is 1. The second-order valence-corrected chi connectivity index (χ2v) is 5.90. The van der Waals surface area contributed by atoms with Crippen LogP contribution in [0.1, 0.15) is 23.3 Å². The summed E-state index contributed by atoms with van der Waals surface area (Å²) in [7, 11) is 2.12. The molecule has 0 radical (unpaired) electrons. The van der Waals surface area contributed by atoms with Gasteiger partial charge in [0.1, 0.15) is 11.5 Å². The molecule has 1 aromatic rings. The molecule has 0 bridgehead atoms. The standard InChI is InChI=1S/C15H23N5O2/c1-19-4-6-20(7-5-19)14-11-16-13(10-17-14)15(21)18-9-12-3-2-8-22-12/h10-12H,2-9H2,1H3,(H,18,21). The van der Waals surface area contributed by atoms with Crippen LogP contribution in [0.3, 0.4) is 0 Å². The number of hydrogen-bond acceptors (Lipinski definition) is 6. The molecule has 0 saturated carbocycles. The van der Waals surface area contributed by atoms with Crippen LogP contribution >= 0.6 is 0 Å². The maximum Gasteiger partial charge on any atom is 0.271 e. The second-order valence-electron chi connectivity index (χ2n) is 5.90. The fourth-order valence-corrected chi connectivity index (χ4v) is 2.74. The van der Waals surface area contributed by atoms with Crippen molar-refractivity contribution < 1.29 is 9.53 Å². The van der Waals surface area contributed by atoms with Gasteiger partial charge in [-0.3, -0.25) is 4.79 Å². The molecule has 2 fully saturated rings. The van der Waals surface area contributed by atoms with Crippen LogP contribution in [0.2, 0.25) is 0 Å². The second kappa shape index (κ2) is 7.02. The van der Waals surface area contributed by atoms with E-state index >= 15 is 0 Å². The van der Waals surface area contributed by atoms with E-state index in [2.05, 4.69) is 32.1 Å². The first kappa shape index (κ1) is 15.2. The molecule has 3 heterocycles. The highest BCUT2D eigenvalue weighted by Crippen LogP contribution is 2.12. The monoisotopic (exact) mass is 305 g/mol. The zero-order valence-electron chi connectivity index (χ0n) is 13.0. The lowest BCUT2D eigenvalue weighted by molar-refractivity contribution is 0.0853. The molecule has 7 nitrogen and oxygen atoms in total. The van der Waals surface area contributed by atoms with Crippen LogP contribution in [0, 0.1) is 0 Å². The smallest absolute Gasteiger partial charge is 0.271 e. The van der Waals surface area contributed by atoms with Crippen molar-refractivity contribution >= 4 is 11.7 Å². The van der Waals surface area contributed by atoms with E-state index in [0.29, 0.717) is 12.2 Å². The lowest BCUT2D eigenvalue weighted by atomic mass is 10.2. The third kappa shape index (κ3) is 3.72. The minimum absolute atomic E-state index is 0.140. The van der Waals surface area contributed by atoms with Crippen molar-refractivity contribution in [3.8, 4) is 0 Å². The number of carbonyl (C=O) groups is 1. The van der Waals surface area contributed by atoms with Crippen LogP contribution in [0.5, 0.6) is 0 Å². The van der Waals surface area contributed by atoms with Crippen LogP contribution in [0.4, 0.5) is 5.82 Å².